The van der Waals surface area contributed by atoms with Gasteiger partial charge in [0.1, 0.15) is 6.33 Å². The van der Waals surface area contributed by atoms with Crippen LogP contribution in [0.5, 0.6) is 0 Å². The molecule has 17 heavy (non-hydrogen) atoms. The Balaban J connectivity index is 1.69. The Morgan fingerprint density at radius 1 is 1.47 bits per heavy atom. The van der Waals surface area contributed by atoms with Crippen molar-refractivity contribution in [3.8, 4) is 0 Å². The van der Waals surface area contributed by atoms with Crippen LogP contribution >= 0.6 is 0 Å². The Morgan fingerprint density at radius 2 is 2.29 bits per heavy atom. The van der Waals surface area contributed by atoms with E-state index in [1.807, 2.05) is 0 Å². The van der Waals surface area contributed by atoms with Crippen LogP contribution in [0.15, 0.2) is 18.7 Å². The van der Waals surface area contributed by atoms with Crippen LogP contribution in [0, 0.1) is 5.92 Å². The molecule has 0 aromatic carbocycles. The number of nitrogens with zero attached hydrogens (tertiary/aromatic N) is 2. The molecule has 0 bridgehead atoms. The van der Waals surface area contributed by atoms with Crippen LogP contribution in [-0.4, -0.2) is 35.5 Å². The molecule has 1 aromatic rings. The number of carbonyl (C=O) groups excluding carboxylic acids is 1. The fourth-order valence-electron chi connectivity index (χ4n) is 2.08. The monoisotopic (exact) mass is 234 g/mol. The quantitative estimate of drug-likeness (QED) is 0.800. The van der Waals surface area contributed by atoms with Gasteiger partial charge in [-0.25, -0.2) is 9.97 Å². The number of carbonyl (C=O) groups is 1. The van der Waals surface area contributed by atoms with Crippen molar-refractivity contribution in [2.24, 2.45) is 5.92 Å². The van der Waals surface area contributed by atoms with Gasteiger partial charge < -0.3 is 10.6 Å². The smallest absolute Gasteiger partial charge is 0.254 e. The van der Waals surface area contributed by atoms with E-state index in [9.17, 15) is 4.79 Å². The van der Waals surface area contributed by atoms with Crippen LogP contribution in [0.1, 0.15) is 29.6 Å². The van der Waals surface area contributed by atoms with E-state index >= 15 is 0 Å². The maximum Gasteiger partial charge on any atom is 0.254 e. The van der Waals surface area contributed by atoms with Crippen LogP contribution < -0.4 is 10.6 Å². The largest absolute Gasteiger partial charge is 0.352 e. The number of amides is 1. The maximum absolute atomic E-state index is 11.7. The zero-order chi connectivity index (χ0) is 11.9. The average Bonchev–Trinajstić information content (AvgIpc) is 2.41. The molecular formula is C12H18N4O. The van der Waals surface area contributed by atoms with Gasteiger partial charge in [0.05, 0.1) is 5.56 Å². The summed E-state index contributed by atoms with van der Waals surface area (Å²) in [5.41, 5.74) is 0.522. The molecule has 1 unspecified atom stereocenters. The van der Waals surface area contributed by atoms with Gasteiger partial charge in [-0.1, -0.05) is 0 Å². The van der Waals surface area contributed by atoms with Gasteiger partial charge in [0.25, 0.3) is 5.91 Å². The zero-order valence-electron chi connectivity index (χ0n) is 9.85. The van der Waals surface area contributed by atoms with Gasteiger partial charge in [0, 0.05) is 18.9 Å². The molecule has 5 heteroatoms. The molecule has 1 fully saturated rings. The van der Waals surface area contributed by atoms with Crippen molar-refractivity contribution >= 4 is 5.91 Å². The normalized spacial score (nSPS) is 19.9. The number of piperidine rings is 1. The molecule has 5 nitrogen and oxygen atoms in total. The summed E-state index contributed by atoms with van der Waals surface area (Å²) in [4.78, 5) is 19.3. The van der Waals surface area contributed by atoms with E-state index in [1.165, 1.54) is 31.6 Å². The van der Waals surface area contributed by atoms with Crippen LogP contribution in [0.2, 0.25) is 0 Å². The highest BCUT2D eigenvalue weighted by Gasteiger charge is 2.13. The summed E-state index contributed by atoms with van der Waals surface area (Å²) in [6, 6.07) is 0. The molecule has 92 valence electrons. The van der Waals surface area contributed by atoms with E-state index in [0.717, 1.165) is 26.1 Å². The van der Waals surface area contributed by atoms with E-state index in [0.29, 0.717) is 11.5 Å². The van der Waals surface area contributed by atoms with Crippen LogP contribution in [0.3, 0.4) is 0 Å². The molecule has 1 saturated heterocycles. The molecule has 2 heterocycles. The fourth-order valence-corrected chi connectivity index (χ4v) is 2.08. The Labute approximate surface area is 101 Å². The average molecular weight is 234 g/mol. The summed E-state index contributed by atoms with van der Waals surface area (Å²) >= 11 is 0. The summed E-state index contributed by atoms with van der Waals surface area (Å²) in [5.74, 6) is 0.602. The summed E-state index contributed by atoms with van der Waals surface area (Å²) in [7, 11) is 0. The van der Waals surface area contributed by atoms with Crippen LogP contribution in [-0.2, 0) is 0 Å². The van der Waals surface area contributed by atoms with Gasteiger partial charge in [-0.05, 0) is 38.3 Å². The van der Waals surface area contributed by atoms with Gasteiger partial charge in [0.2, 0.25) is 0 Å². The third-order valence-electron chi connectivity index (χ3n) is 3.06. The number of hydrogen-bond donors (Lipinski definition) is 2. The first-order chi connectivity index (χ1) is 8.36. The SMILES string of the molecule is O=C(NCCC1CCCNC1)c1cncnc1. The highest BCUT2D eigenvalue weighted by molar-refractivity contribution is 5.93. The van der Waals surface area contributed by atoms with E-state index in [-0.39, 0.29) is 5.91 Å². The maximum atomic E-state index is 11.7. The summed E-state index contributed by atoms with van der Waals surface area (Å²) < 4.78 is 0. The lowest BCUT2D eigenvalue weighted by Gasteiger charge is -2.22. The zero-order valence-corrected chi connectivity index (χ0v) is 9.85. The molecule has 2 N–H and O–H groups in total. The van der Waals surface area contributed by atoms with E-state index < -0.39 is 0 Å². The number of hydrogen-bond acceptors (Lipinski definition) is 4. The van der Waals surface area contributed by atoms with Crippen molar-refractivity contribution in [3.63, 3.8) is 0 Å². The molecule has 1 aliphatic rings. The molecule has 1 atom stereocenters. The van der Waals surface area contributed by atoms with Crippen molar-refractivity contribution in [3.05, 3.63) is 24.3 Å². The molecule has 0 aliphatic carbocycles. The Kier molecular flexibility index (Phi) is 4.44. The van der Waals surface area contributed by atoms with Crippen molar-refractivity contribution < 1.29 is 4.79 Å². The Bertz CT molecular complexity index is 349. The second-order valence-electron chi connectivity index (χ2n) is 4.38. The first kappa shape index (κ1) is 12.0. The first-order valence-electron chi connectivity index (χ1n) is 6.10. The Morgan fingerprint density at radius 3 is 3.00 bits per heavy atom. The predicted octanol–water partition coefficient (Wildman–Crippen LogP) is 0.596. The molecule has 2 rings (SSSR count). The van der Waals surface area contributed by atoms with Crippen molar-refractivity contribution in [2.45, 2.75) is 19.3 Å². The third-order valence-corrected chi connectivity index (χ3v) is 3.06. The van der Waals surface area contributed by atoms with Gasteiger partial charge >= 0.3 is 0 Å². The van der Waals surface area contributed by atoms with Crippen molar-refractivity contribution in [1.82, 2.24) is 20.6 Å². The minimum absolute atomic E-state index is 0.0885. The van der Waals surface area contributed by atoms with Crippen molar-refractivity contribution in [1.29, 1.82) is 0 Å². The second kappa shape index (κ2) is 6.30. The standard InChI is InChI=1S/C12H18N4O/c17-12(11-7-14-9-15-8-11)16-5-3-10-2-1-4-13-6-10/h7-10,13H,1-6H2,(H,16,17). The van der Waals surface area contributed by atoms with Gasteiger partial charge in [-0.15, -0.1) is 0 Å². The van der Waals surface area contributed by atoms with E-state index in [2.05, 4.69) is 20.6 Å². The molecule has 0 radical (unpaired) electrons. The lowest BCUT2D eigenvalue weighted by atomic mass is 9.96. The van der Waals surface area contributed by atoms with Crippen LogP contribution in [0.4, 0.5) is 0 Å². The number of aromatic nitrogens is 2. The highest BCUT2D eigenvalue weighted by Crippen LogP contribution is 2.12. The summed E-state index contributed by atoms with van der Waals surface area (Å²) in [5, 5.41) is 6.27. The molecule has 1 aromatic heterocycles. The highest BCUT2D eigenvalue weighted by atomic mass is 16.1. The molecule has 1 amide bonds. The molecule has 1 aliphatic heterocycles. The fraction of sp³-hybridized carbons (Fsp3) is 0.583. The minimum Gasteiger partial charge on any atom is -0.352 e. The lowest BCUT2D eigenvalue weighted by molar-refractivity contribution is 0.0950. The Hall–Kier alpha value is -1.49. The van der Waals surface area contributed by atoms with Gasteiger partial charge in [-0.2, -0.15) is 0 Å². The van der Waals surface area contributed by atoms with Gasteiger partial charge in [-0.3, -0.25) is 4.79 Å². The molecular weight excluding hydrogens is 216 g/mol. The topological polar surface area (TPSA) is 66.9 Å². The van der Waals surface area contributed by atoms with Crippen molar-refractivity contribution in [2.75, 3.05) is 19.6 Å². The lowest BCUT2D eigenvalue weighted by Crippen LogP contribution is -2.33. The molecule has 0 spiro atoms. The van der Waals surface area contributed by atoms with Gasteiger partial charge in [0.15, 0.2) is 0 Å². The van der Waals surface area contributed by atoms with E-state index in [1.54, 1.807) is 0 Å². The van der Waals surface area contributed by atoms with Crippen LogP contribution in [0.25, 0.3) is 0 Å². The first-order valence-corrected chi connectivity index (χ1v) is 6.10. The van der Waals surface area contributed by atoms with E-state index in [4.69, 9.17) is 0 Å². The number of nitrogens with one attached hydrogen (secondary N) is 2. The minimum atomic E-state index is -0.0885. The third kappa shape index (κ3) is 3.78. The molecule has 0 saturated carbocycles. The summed E-state index contributed by atoms with van der Waals surface area (Å²) in [6.45, 7) is 2.93. The predicted molar refractivity (Wildman–Crippen MR) is 64.6 cm³/mol. The second-order valence-corrected chi connectivity index (χ2v) is 4.38. The number of rotatable bonds is 4. The summed E-state index contributed by atoms with van der Waals surface area (Å²) in [6.07, 6.45) is 8.02.